The minimum Gasteiger partial charge on any atom is -0.461 e. The molecule has 4 rings (SSSR count). The molecule has 0 amide bonds. The Balaban J connectivity index is 1.67. The van der Waals surface area contributed by atoms with E-state index in [1.165, 1.54) is 4.68 Å². The van der Waals surface area contributed by atoms with Crippen molar-refractivity contribution in [3.8, 4) is 0 Å². The second-order valence-electron chi connectivity index (χ2n) is 7.92. The molecule has 2 N–H and O–H groups in total. The molecule has 11 heteroatoms. The van der Waals surface area contributed by atoms with Crippen LogP contribution < -0.4 is 5.73 Å². The van der Waals surface area contributed by atoms with Crippen molar-refractivity contribution >= 4 is 11.8 Å². The summed E-state index contributed by atoms with van der Waals surface area (Å²) in [6, 6.07) is -0.523. The minimum absolute atomic E-state index is 0.0499. The molecular weight excluding hydrogens is 372 g/mol. The van der Waals surface area contributed by atoms with Crippen LogP contribution in [0, 0.1) is 0 Å². The van der Waals surface area contributed by atoms with Crippen molar-refractivity contribution in [3.63, 3.8) is 0 Å². The average molecular weight is 398 g/mol. The number of carbonyl (C=O) groups is 1. The van der Waals surface area contributed by atoms with Crippen molar-refractivity contribution in [3.05, 3.63) is 5.69 Å². The highest BCUT2D eigenvalue weighted by atomic mass is 16.8. The third-order valence-electron chi connectivity index (χ3n) is 4.93. The van der Waals surface area contributed by atoms with Crippen LogP contribution in [0.1, 0.15) is 51.1 Å². The molecular formula is C17H26N4O7. The Bertz CT molecular complexity index is 765. The molecule has 5 atom stereocenters. The zero-order valence-corrected chi connectivity index (χ0v) is 16.6. The molecule has 3 saturated heterocycles. The van der Waals surface area contributed by atoms with Gasteiger partial charge in [-0.2, -0.15) is 0 Å². The van der Waals surface area contributed by atoms with Gasteiger partial charge >= 0.3 is 5.97 Å². The number of nitrogen functional groups attached to an aromatic ring is 1. The first-order valence-electron chi connectivity index (χ1n) is 9.32. The van der Waals surface area contributed by atoms with Gasteiger partial charge < -0.3 is 34.2 Å². The fraction of sp³-hybridized carbons (Fsp3) is 0.824. The minimum atomic E-state index is -0.829. The number of nitrogens with zero attached hydrogens (tertiary/aromatic N) is 3. The van der Waals surface area contributed by atoms with Gasteiger partial charge in [0.25, 0.3) is 0 Å². The van der Waals surface area contributed by atoms with Crippen LogP contribution >= 0.6 is 0 Å². The van der Waals surface area contributed by atoms with Gasteiger partial charge in [-0.1, -0.05) is 5.21 Å². The van der Waals surface area contributed by atoms with Gasteiger partial charge in [0.1, 0.15) is 24.4 Å². The van der Waals surface area contributed by atoms with Crippen molar-refractivity contribution in [2.75, 3.05) is 18.9 Å². The highest BCUT2D eigenvalue weighted by molar-refractivity contribution is 5.91. The summed E-state index contributed by atoms with van der Waals surface area (Å²) in [6.07, 6.45) is -2.05. The maximum atomic E-state index is 12.1. The number of fused-ring (bicyclic) bond motifs is 1. The molecule has 0 radical (unpaired) electrons. The number of anilines is 1. The fourth-order valence-electron chi connectivity index (χ4n) is 3.85. The Kier molecular flexibility index (Phi) is 4.62. The van der Waals surface area contributed by atoms with Gasteiger partial charge in [0.05, 0.1) is 13.2 Å². The lowest BCUT2D eigenvalue weighted by Gasteiger charge is -2.29. The van der Waals surface area contributed by atoms with Gasteiger partial charge in [-0.3, -0.25) is 0 Å². The topological polar surface area (TPSA) is 129 Å². The quantitative estimate of drug-likeness (QED) is 0.720. The van der Waals surface area contributed by atoms with E-state index in [1.54, 1.807) is 20.8 Å². The number of ether oxygens (including phenoxy) is 6. The summed E-state index contributed by atoms with van der Waals surface area (Å²) < 4.78 is 36.1. The fourth-order valence-corrected chi connectivity index (χ4v) is 3.85. The molecule has 28 heavy (non-hydrogen) atoms. The molecule has 0 bridgehead atoms. The molecule has 0 saturated carbocycles. The molecule has 3 aliphatic heterocycles. The van der Waals surface area contributed by atoms with E-state index in [1.807, 2.05) is 13.8 Å². The molecule has 3 fully saturated rings. The number of carbonyl (C=O) groups excluding carboxylic acids is 1. The third kappa shape index (κ3) is 3.26. The Morgan fingerprint density at radius 2 is 1.96 bits per heavy atom. The van der Waals surface area contributed by atoms with Crippen molar-refractivity contribution in [2.24, 2.45) is 0 Å². The Labute approximate surface area is 162 Å². The largest absolute Gasteiger partial charge is 0.461 e. The molecule has 3 aliphatic rings. The zero-order valence-electron chi connectivity index (χ0n) is 16.6. The van der Waals surface area contributed by atoms with Crippen LogP contribution in [0.4, 0.5) is 5.82 Å². The van der Waals surface area contributed by atoms with Crippen molar-refractivity contribution in [2.45, 2.75) is 76.8 Å². The molecule has 0 aliphatic carbocycles. The summed E-state index contributed by atoms with van der Waals surface area (Å²) in [4.78, 5) is 12.1. The molecule has 0 spiro atoms. The van der Waals surface area contributed by atoms with Crippen molar-refractivity contribution < 1.29 is 33.2 Å². The molecule has 156 valence electrons. The second kappa shape index (κ2) is 6.63. The molecule has 0 unspecified atom stereocenters. The molecule has 11 nitrogen and oxygen atoms in total. The zero-order chi connectivity index (χ0) is 20.3. The number of hydrogen-bond acceptors (Lipinski definition) is 10. The van der Waals surface area contributed by atoms with E-state index in [4.69, 9.17) is 34.2 Å². The van der Waals surface area contributed by atoms with Gasteiger partial charge in [-0.25, -0.2) is 9.48 Å². The SMILES string of the molecule is CCOC(=O)c1nnn([C@@H]2[C@H]3OC(C)(C)O[C@H]3O[C@@H]2[C@@H]2COC(C)(C)O2)c1N. The summed E-state index contributed by atoms with van der Waals surface area (Å²) >= 11 is 0. The number of esters is 1. The van der Waals surface area contributed by atoms with E-state index >= 15 is 0 Å². The molecule has 4 heterocycles. The molecule has 1 aromatic rings. The highest BCUT2D eigenvalue weighted by Crippen LogP contribution is 2.46. The Morgan fingerprint density at radius 3 is 2.61 bits per heavy atom. The summed E-state index contributed by atoms with van der Waals surface area (Å²) in [5, 5.41) is 8.00. The van der Waals surface area contributed by atoms with Gasteiger partial charge in [-0.05, 0) is 34.6 Å². The van der Waals surface area contributed by atoms with Crippen LogP contribution in [0.3, 0.4) is 0 Å². The predicted octanol–water partition coefficient (Wildman–Crippen LogP) is 0.606. The third-order valence-corrected chi connectivity index (χ3v) is 4.93. The summed E-state index contributed by atoms with van der Waals surface area (Å²) in [6.45, 7) is 9.50. The first-order valence-corrected chi connectivity index (χ1v) is 9.32. The standard InChI is InChI=1S/C17H26N4O7/c1-6-23-14(22)9-13(18)21(20-19-9)10-11(8-7-24-16(2,3)26-8)25-15-12(10)27-17(4,5)28-15/h8,10-12,15H,6-7,18H2,1-5H3/t8-,10-,11+,12+,15+/m0/s1. The monoisotopic (exact) mass is 398 g/mol. The average Bonchev–Trinajstić information content (AvgIpc) is 3.29. The van der Waals surface area contributed by atoms with E-state index in [-0.39, 0.29) is 18.1 Å². The number of aromatic nitrogens is 3. The van der Waals surface area contributed by atoms with Crippen LogP contribution in [0.5, 0.6) is 0 Å². The maximum Gasteiger partial charge on any atom is 0.362 e. The molecule has 1 aromatic heterocycles. The normalized spacial score (nSPS) is 35.8. The van der Waals surface area contributed by atoms with Crippen LogP contribution in [0.2, 0.25) is 0 Å². The van der Waals surface area contributed by atoms with E-state index in [2.05, 4.69) is 10.3 Å². The van der Waals surface area contributed by atoms with Crippen LogP contribution in [0.25, 0.3) is 0 Å². The summed E-state index contributed by atoms with van der Waals surface area (Å²) in [5.74, 6) is -2.13. The van der Waals surface area contributed by atoms with Gasteiger partial charge in [-0.15, -0.1) is 5.10 Å². The molecule has 0 aromatic carbocycles. The Morgan fingerprint density at radius 1 is 1.21 bits per heavy atom. The smallest absolute Gasteiger partial charge is 0.362 e. The van der Waals surface area contributed by atoms with E-state index < -0.39 is 48.2 Å². The van der Waals surface area contributed by atoms with E-state index in [9.17, 15) is 4.79 Å². The van der Waals surface area contributed by atoms with E-state index in [0.717, 1.165) is 0 Å². The number of hydrogen-bond donors (Lipinski definition) is 1. The van der Waals surface area contributed by atoms with Crippen LogP contribution in [0.15, 0.2) is 0 Å². The lowest BCUT2D eigenvalue weighted by Crippen LogP contribution is -2.41. The first kappa shape index (κ1) is 19.5. The Hall–Kier alpha value is -1.79. The second-order valence-corrected chi connectivity index (χ2v) is 7.92. The lowest BCUT2D eigenvalue weighted by atomic mass is 10.0. The highest BCUT2D eigenvalue weighted by Gasteiger charge is 2.59. The van der Waals surface area contributed by atoms with Gasteiger partial charge in [0, 0.05) is 0 Å². The van der Waals surface area contributed by atoms with Gasteiger partial charge in [0.15, 0.2) is 23.7 Å². The summed E-state index contributed by atoms with van der Waals surface area (Å²) in [7, 11) is 0. The van der Waals surface area contributed by atoms with Crippen molar-refractivity contribution in [1.82, 2.24) is 15.0 Å². The maximum absolute atomic E-state index is 12.1. The van der Waals surface area contributed by atoms with Crippen LogP contribution in [-0.2, 0) is 28.4 Å². The summed E-state index contributed by atoms with van der Waals surface area (Å²) in [5.41, 5.74) is 6.14. The lowest BCUT2D eigenvalue weighted by molar-refractivity contribution is -0.226. The number of rotatable bonds is 4. The van der Waals surface area contributed by atoms with Gasteiger partial charge in [0.2, 0.25) is 5.69 Å². The van der Waals surface area contributed by atoms with E-state index in [0.29, 0.717) is 6.61 Å². The first-order chi connectivity index (χ1) is 13.1. The van der Waals surface area contributed by atoms with Crippen LogP contribution in [-0.4, -0.2) is 70.4 Å². The number of nitrogens with two attached hydrogens (primary N) is 1. The van der Waals surface area contributed by atoms with Crippen molar-refractivity contribution in [1.29, 1.82) is 0 Å². The predicted molar refractivity (Wildman–Crippen MR) is 93.0 cm³/mol.